The number of hydrogen-bond acceptors (Lipinski definition) is 7. The highest BCUT2D eigenvalue weighted by Gasteiger charge is 2.29. The number of carbonyl (C=O) groups excluding carboxylic acids is 1. The smallest absolute Gasteiger partial charge is 0.345 e. The summed E-state index contributed by atoms with van der Waals surface area (Å²) in [5, 5.41) is 4.55. The Hall–Kier alpha value is -3.48. The van der Waals surface area contributed by atoms with Crippen LogP contribution < -0.4 is 16.9 Å². The van der Waals surface area contributed by atoms with E-state index in [-0.39, 0.29) is 35.2 Å². The van der Waals surface area contributed by atoms with Gasteiger partial charge in [0.1, 0.15) is 12.4 Å². The van der Waals surface area contributed by atoms with Gasteiger partial charge in [-0.05, 0) is 19.8 Å². The Morgan fingerprint density at radius 2 is 1.82 bits per heavy atom. The van der Waals surface area contributed by atoms with Crippen LogP contribution in [-0.2, 0) is 43.3 Å². The summed E-state index contributed by atoms with van der Waals surface area (Å²) in [7, 11) is 4.53. The molecule has 13 heteroatoms. The first-order valence-electron chi connectivity index (χ1n) is 11.3. The fourth-order valence-electron chi connectivity index (χ4n) is 4.53. The molecule has 0 saturated carbocycles. The average Bonchev–Trinajstić information content (AvgIpc) is 3.40. The molecular formula is C21H30N8O5. The van der Waals surface area contributed by atoms with Gasteiger partial charge in [0.15, 0.2) is 11.2 Å². The van der Waals surface area contributed by atoms with E-state index in [2.05, 4.69) is 10.1 Å². The molecule has 3 aromatic heterocycles. The number of carbonyl (C=O) groups is 1. The van der Waals surface area contributed by atoms with E-state index in [1.165, 1.54) is 27.2 Å². The van der Waals surface area contributed by atoms with E-state index in [0.717, 1.165) is 10.4 Å². The molecule has 0 N–H and O–H groups in total. The Morgan fingerprint density at radius 1 is 1.12 bits per heavy atom. The van der Waals surface area contributed by atoms with E-state index in [1.807, 2.05) is 6.92 Å². The normalized spacial score (nSPS) is 14.9. The number of imidazole rings is 1. The van der Waals surface area contributed by atoms with Crippen molar-refractivity contribution in [1.29, 1.82) is 0 Å². The van der Waals surface area contributed by atoms with Gasteiger partial charge in [0.05, 0.1) is 19.5 Å². The van der Waals surface area contributed by atoms with Gasteiger partial charge in [-0.15, -0.1) is 0 Å². The van der Waals surface area contributed by atoms with E-state index in [4.69, 9.17) is 4.74 Å². The number of likely N-dealkylation sites (tertiary alicyclic amines) is 1. The van der Waals surface area contributed by atoms with E-state index < -0.39 is 11.2 Å². The van der Waals surface area contributed by atoms with Gasteiger partial charge in [-0.25, -0.2) is 19.3 Å². The lowest BCUT2D eigenvalue weighted by Crippen LogP contribution is -2.41. The number of nitrogens with zero attached hydrogens (tertiary/aromatic N) is 8. The van der Waals surface area contributed by atoms with Gasteiger partial charge < -0.3 is 14.2 Å². The van der Waals surface area contributed by atoms with E-state index in [9.17, 15) is 19.2 Å². The summed E-state index contributed by atoms with van der Waals surface area (Å²) >= 11 is 0. The maximum Gasteiger partial charge on any atom is 0.345 e. The lowest BCUT2D eigenvalue weighted by atomic mass is 9.96. The molecule has 0 radical (unpaired) electrons. The molecule has 0 spiro atoms. The molecule has 184 valence electrons. The van der Waals surface area contributed by atoms with Crippen LogP contribution in [0.3, 0.4) is 0 Å². The zero-order valence-electron chi connectivity index (χ0n) is 19.9. The van der Waals surface area contributed by atoms with Crippen LogP contribution in [0.2, 0.25) is 0 Å². The maximum absolute atomic E-state index is 13.0. The maximum atomic E-state index is 13.0. The Labute approximate surface area is 194 Å². The van der Waals surface area contributed by atoms with Gasteiger partial charge in [-0.3, -0.25) is 23.3 Å². The molecule has 0 aromatic carbocycles. The molecule has 0 atom stereocenters. The van der Waals surface area contributed by atoms with Crippen molar-refractivity contribution in [3.05, 3.63) is 43.5 Å². The fraction of sp³-hybridized carbons (Fsp3) is 0.619. The zero-order chi connectivity index (χ0) is 24.6. The fourth-order valence-corrected chi connectivity index (χ4v) is 4.53. The van der Waals surface area contributed by atoms with Gasteiger partial charge in [-0.2, -0.15) is 5.10 Å². The quantitative estimate of drug-likeness (QED) is 0.423. The SMILES string of the molecule is CCn1c(C2CCN(C(=O)Cn3cnc4c3c(=O)n(C)c(=O)n4C)CC2)nn(CCOC)c1=O. The molecule has 1 aliphatic heterocycles. The van der Waals surface area contributed by atoms with Gasteiger partial charge in [0, 0.05) is 46.8 Å². The minimum atomic E-state index is -0.483. The molecule has 3 aromatic rings. The molecule has 4 rings (SSSR count). The van der Waals surface area contributed by atoms with Gasteiger partial charge >= 0.3 is 11.4 Å². The van der Waals surface area contributed by atoms with E-state index in [0.29, 0.717) is 45.6 Å². The van der Waals surface area contributed by atoms with Crippen molar-refractivity contribution in [2.45, 2.75) is 45.3 Å². The molecule has 13 nitrogen and oxygen atoms in total. The second-order valence-electron chi connectivity index (χ2n) is 8.51. The third-order valence-electron chi connectivity index (χ3n) is 6.51. The van der Waals surface area contributed by atoms with Gasteiger partial charge in [-0.1, -0.05) is 0 Å². The summed E-state index contributed by atoms with van der Waals surface area (Å²) in [4.78, 5) is 56.3. The lowest BCUT2D eigenvalue weighted by molar-refractivity contribution is -0.132. The predicted molar refractivity (Wildman–Crippen MR) is 123 cm³/mol. The highest BCUT2D eigenvalue weighted by atomic mass is 16.5. The molecule has 0 unspecified atom stereocenters. The summed E-state index contributed by atoms with van der Waals surface area (Å²) in [6.07, 6.45) is 2.80. The van der Waals surface area contributed by atoms with Crippen LogP contribution in [0.15, 0.2) is 20.7 Å². The standard InChI is InChI=1S/C21H30N8O5/c1-5-28-17(23-29(21(28)33)10-11-34-4)14-6-8-26(9-7-14)15(30)12-27-13-22-18-16(27)19(31)25(3)20(32)24(18)2/h13-14H,5-12H2,1-4H3. The molecule has 1 aliphatic rings. The van der Waals surface area contributed by atoms with Crippen LogP contribution in [-0.4, -0.2) is 70.6 Å². The Kier molecular flexibility index (Phi) is 6.55. The number of methoxy groups -OCH3 is 1. The van der Waals surface area contributed by atoms with Gasteiger partial charge in [0.25, 0.3) is 5.56 Å². The van der Waals surface area contributed by atoms with Crippen LogP contribution >= 0.6 is 0 Å². The first-order chi connectivity index (χ1) is 16.3. The number of piperidine rings is 1. The lowest BCUT2D eigenvalue weighted by Gasteiger charge is -2.31. The molecule has 1 amide bonds. The summed E-state index contributed by atoms with van der Waals surface area (Å²) in [6, 6.07) is 0. The largest absolute Gasteiger partial charge is 0.383 e. The number of aromatic nitrogens is 7. The number of ether oxygens (including phenoxy) is 1. The Morgan fingerprint density at radius 3 is 2.47 bits per heavy atom. The van der Waals surface area contributed by atoms with E-state index >= 15 is 0 Å². The second kappa shape index (κ2) is 9.41. The number of fused-ring (bicyclic) bond motifs is 1. The van der Waals surface area contributed by atoms with Crippen LogP contribution in [0.5, 0.6) is 0 Å². The van der Waals surface area contributed by atoms with Crippen molar-refractivity contribution < 1.29 is 9.53 Å². The van der Waals surface area contributed by atoms with Crippen LogP contribution in [0, 0.1) is 0 Å². The second-order valence-corrected chi connectivity index (χ2v) is 8.51. The zero-order valence-corrected chi connectivity index (χ0v) is 19.9. The van der Waals surface area contributed by atoms with Gasteiger partial charge in [0.2, 0.25) is 5.91 Å². The van der Waals surface area contributed by atoms with Crippen LogP contribution in [0.4, 0.5) is 0 Å². The van der Waals surface area contributed by atoms with Crippen molar-refractivity contribution in [2.24, 2.45) is 14.1 Å². The molecule has 0 bridgehead atoms. The number of hydrogen-bond donors (Lipinski definition) is 0. The topological polar surface area (TPSA) is 131 Å². The van der Waals surface area contributed by atoms with E-state index in [1.54, 1.807) is 23.6 Å². The minimum Gasteiger partial charge on any atom is -0.383 e. The molecule has 1 saturated heterocycles. The predicted octanol–water partition coefficient (Wildman–Crippen LogP) is -1.14. The molecule has 34 heavy (non-hydrogen) atoms. The van der Waals surface area contributed by atoms with Crippen LogP contribution in [0.1, 0.15) is 31.5 Å². The van der Waals surface area contributed by atoms with Crippen LogP contribution in [0.25, 0.3) is 11.2 Å². The summed E-state index contributed by atoms with van der Waals surface area (Å²) in [5.41, 5.74) is -0.617. The van der Waals surface area contributed by atoms with Crippen molar-refractivity contribution in [1.82, 2.24) is 37.9 Å². The molecule has 1 fully saturated rings. The minimum absolute atomic E-state index is 0.0417. The number of aryl methyl sites for hydroxylation is 1. The molecule has 4 heterocycles. The summed E-state index contributed by atoms with van der Waals surface area (Å²) in [6.45, 7) is 4.27. The van der Waals surface area contributed by atoms with Crippen molar-refractivity contribution in [2.75, 3.05) is 26.8 Å². The first kappa shape index (κ1) is 23.7. The Balaban J connectivity index is 1.48. The third kappa shape index (κ3) is 4.00. The monoisotopic (exact) mass is 474 g/mol. The molecule has 0 aliphatic carbocycles. The first-order valence-corrected chi connectivity index (χ1v) is 11.3. The van der Waals surface area contributed by atoms with Crippen molar-refractivity contribution >= 4 is 17.1 Å². The number of amides is 1. The highest BCUT2D eigenvalue weighted by molar-refractivity contribution is 5.79. The molecular weight excluding hydrogens is 444 g/mol. The number of rotatable bonds is 7. The van der Waals surface area contributed by atoms with Crippen molar-refractivity contribution in [3.8, 4) is 0 Å². The van der Waals surface area contributed by atoms with Crippen molar-refractivity contribution in [3.63, 3.8) is 0 Å². The average molecular weight is 475 g/mol. The summed E-state index contributed by atoms with van der Waals surface area (Å²) < 4.78 is 12.0. The third-order valence-corrected chi connectivity index (χ3v) is 6.51. The highest BCUT2D eigenvalue weighted by Crippen LogP contribution is 2.26. The Bertz CT molecular complexity index is 1380. The summed E-state index contributed by atoms with van der Waals surface area (Å²) in [5.74, 6) is 0.698.